The molecule has 26 nitrogen and oxygen atoms in total. The number of nitrogens with two attached hydrogens (primary N) is 1. The third-order valence-corrected chi connectivity index (χ3v) is 8.88. The minimum absolute atomic E-state index is 0. The molecule has 0 amide bonds. The van der Waals surface area contributed by atoms with E-state index in [9.17, 15) is 71.2 Å². The summed E-state index contributed by atoms with van der Waals surface area (Å²) >= 11 is 0. The number of ether oxygens (including phenoxy) is 7. The summed E-state index contributed by atoms with van der Waals surface area (Å²) in [6.07, 6.45) is -25.9. The highest BCUT2D eigenvalue weighted by Gasteiger charge is 2.52. The molecule has 0 aromatic heterocycles. The number of nitrogens with one attached hydrogen (secondary N) is 1. The molecule has 0 spiro atoms. The molecule has 8 unspecified atom stereocenters. The predicted octanol–water partition coefficient (Wildman–Crippen LogP) is -9.48. The third-order valence-electron chi connectivity index (χ3n) is 8.88. The minimum atomic E-state index is -1.74. The van der Waals surface area contributed by atoms with Crippen molar-refractivity contribution in [1.29, 1.82) is 0 Å². The van der Waals surface area contributed by atoms with E-state index in [4.69, 9.17) is 48.8 Å². The quantitative estimate of drug-likeness (QED) is 0.0353. The standard InChI is InChI=1S/C17H29NO11.C12H22O11.C3H7N.C2H4O.CH3.H2O/c1-3-4-18-16-13(24)12(23)15(8(5-19)27-16)29-17-14(25)11(22)10(21)9(28-17)6-26-7(2)20;13-1-3-5(15)6(16)9(19)12(22-3)23-10-4(2-14)21-11(20)8(18)7(10)17;1-2-3-4;1-2-3;;/h3,8-19,21-25H,1,4-6H2,2H3;3-20H,1-2H2;2H,1,3-4H2;2H,1H3;1H3;1H2/q;;;;-1;/t8-,9?,10+,11-,12?,13?,14?,15+,16+,17-;3?,4-,5+,6-,7?,8?,9?,10+,11+,12-;;;;/m00..../s1. The number of esters is 1. The van der Waals surface area contributed by atoms with Crippen LogP contribution in [0.15, 0.2) is 25.3 Å². The van der Waals surface area contributed by atoms with Crippen LogP contribution in [0.25, 0.3) is 0 Å². The molecule has 0 aromatic carbocycles. The molecular formula is C35H67N2O24-. The van der Waals surface area contributed by atoms with Crippen molar-refractivity contribution in [1.82, 2.24) is 5.32 Å². The Kier molecular flexibility index (Phi) is 30.6. The highest BCUT2D eigenvalue weighted by Crippen LogP contribution is 2.30. The zero-order valence-corrected chi connectivity index (χ0v) is 33.9. The topological polar surface area (TPSA) is 452 Å². The van der Waals surface area contributed by atoms with Gasteiger partial charge in [0.25, 0.3) is 0 Å². The van der Waals surface area contributed by atoms with Gasteiger partial charge in [0.05, 0.1) is 19.8 Å². The summed E-state index contributed by atoms with van der Waals surface area (Å²) in [6.45, 7) is 7.97. The Hall–Kier alpha value is -2.30. The Balaban J connectivity index is 0. The van der Waals surface area contributed by atoms with Crippen LogP contribution in [0, 0.1) is 7.43 Å². The van der Waals surface area contributed by atoms with E-state index >= 15 is 0 Å². The van der Waals surface area contributed by atoms with Crippen molar-refractivity contribution in [3.63, 3.8) is 0 Å². The Morgan fingerprint density at radius 3 is 1.46 bits per heavy atom. The van der Waals surface area contributed by atoms with E-state index < -0.39 is 155 Å². The summed E-state index contributed by atoms with van der Waals surface area (Å²) in [5.74, 6) is -0.642. The molecule has 4 saturated heterocycles. The van der Waals surface area contributed by atoms with Crippen LogP contribution in [0.5, 0.6) is 0 Å². The number of carbonyl (C=O) groups excluding carboxylic acids is 2. The summed E-state index contributed by atoms with van der Waals surface area (Å²) in [7, 11) is 0. The van der Waals surface area contributed by atoms with E-state index in [0.29, 0.717) is 6.54 Å². The average molecular weight is 900 g/mol. The molecule has 4 heterocycles. The molecule has 0 aliphatic carbocycles. The first-order chi connectivity index (χ1) is 27.8. The van der Waals surface area contributed by atoms with Gasteiger partial charge in [-0.05, 0) is 6.92 Å². The monoisotopic (exact) mass is 899 g/mol. The lowest BCUT2D eigenvalue weighted by molar-refractivity contribution is -0.355. The van der Waals surface area contributed by atoms with Crippen LogP contribution in [0.3, 0.4) is 0 Å². The van der Waals surface area contributed by atoms with Crippen LogP contribution in [-0.4, -0.2) is 252 Å². The van der Waals surface area contributed by atoms with Crippen LogP contribution in [-0.2, 0) is 42.7 Å². The first-order valence-corrected chi connectivity index (χ1v) is 18.3. The largest absolute Gasteiger partial charge is 0.463 e. The number of aliphatic hydroxyl groups is 14. The highest BCUT2D eigenvalue weighted by atomic mass is 16.7. The van der Waals surface area contributed by atoms with E-state index in [1.54, 1.807) is 6.08 Å². The van der Waals surface area contributed by atoms with E-state index in [0.717, 1.165) is 13.2 Å². The molecule has 4 rings (SSSR count). The van der Waals surface area contributed by atoms with Gasteiger partial charge in [0.15, 0.2) is 18.9 Å². The second-order valence-corrected chi connectivity index (χ2v) is 13.2. The smallest absolute Gasteiger partial charge is 0.302 e. The van der Waals surface area contributed by atoms with E-state index in [-0.39, 0.29) is 19.4 Å². The molecule has 362 valence electrons. The van der Waals surface area contributed by atoms with Gasteiger partial charge in [-0.15, -0.1) is 13.2 Å². The van der Waals surface area contributed by atoms with Gasteiger partial charge < -0.3 is 128 Å². The van der Waals surface area contributed by atoms with Gasteiger partial charge in [-0.2, -0.15) is 0 Å². The van der Waals surface area contributed by atoms with E-state index in [2.05, 4.69) is 18.5 Å². The summed E-state index contributed by atoms with van der Waals surface area (Å²) in [5, 5.41) is 140. The SMILES string of the molecule is C=CCN.C=CCN[C@@H]1O[C@@H](CO)[C@@H](O[C@@H]2OC(COC(C)=O)[C@@H](O)[C@H](O)C2O)C(O)C1O.CC=O.O.OCC1O[C@@H](O[C@H]2C(O)C(O)[C@H](O)O[C@H]2CO)C(O)[C@@H](O)[C@@H]1O.[CH3-]. The van der Waals surface area contributed by atoms with Gasteiger partial charge in [-0.1, -0.05) is 12.2 Å². The molecule has 0 bridgehead atoms. The zero-order chi connectivity index (χ0) is 45.1. The molecule has 61 heavy (non-hydrogen) atoms. The maximum Gasteiger partial charge on any atom is 0.302 e. The van der Waals surface area contributed by atoms with Crippen LogP contribution in [0.1, 0.15) is 13.8 Å². The fourth-order valence-corrected chi connectivity index (χ4v) is 5.71. The van der Waals surface area contributed by atoms with Crippen molar-refractivity contribution in [3.05, 3.63) is 32.7 Å². The lowest BCUT2D eigenvalue weighted by Gasteiger charge is -2.46. The van der Waals surface area contributed by atoms with Gasteiger partial charge in [-0.3, -0.25) is 10.1 Å². The molecule has 0 radical (unpaired) electrons. The maximum absolute atomic E-state index is 11.0. The first-order valence-electron chi connectivity index (χ1n) is 18.3. The third kappa shape index (κ3) is 17.3. The average Bonchev–Trinajstić information content (AvgIpc) is 3.22. The molecule has 26 heteroatoms. The van der Waals surface area contributed by atoms with Crippen molar-refractivity contribution in [2.45, 2.75) is 137 Å². The van der Waals surface area contributed by atoms with Gasteiger partial charge >= 0.3 is 5.97 Å². The second kappa shape index (κ2) is 30.7. The first kappa shape index (κ1) is 60.8. The molecule has 4 aliphatic heterocycles. The van der Waals surface area contributed by atoms with Crippen LogP contribution in [0.2, 0.25) is 0 Å². The molecule has 4 aliphatic rings. The minimum Gasteiger partial charge on any atom is -0.463 e. The van der Waals surface area contributed by atoms with Crippen LogP contribution in [0.4, 0.5) is 0 Å². The second-order valence-electron chi connectivity index (χ2n) is 13.2. The Morgan fingerprint density at radius 1 is 0.639 bits per heavy atom. The summed E-state index contributed by atoms with van der Waals surface area (Å²) in [4.78, 5) is 19.8. The number of hydrogen-bond donors (Lipinski definition) is 16. The van der Waals surface area contributed by atoms with Gasteiger partial charge in [0.2, 0.25) is 0 Å². The van der Waals surface area contributed by atoms with Crippen molar-refractivity contribution in [2.24, 2.45) is 5.73 Å². The fraction of sp³-hybridized carbons (Fsp3) is 0.800. The maximum atomic E-state index is 11.0. The highest BCUT2D eigenvalue weighted by molar-refractivity contribution is 5.65. The van der Waals surface area contributed by atoms with E-state index in [1.165, 1.54) is 13.0 Å². The predicted molar refractivity (Wildman–Crippen MR) is 204 cm³/mol. The van der Waals surface area contributed by atoms with Crippen molar-refractivity contribution in [3.8, 4) is 0 Å². The van der Waals surface area contributed by atoms with E-state index in [1.807, 2.05) is 0 Å². The molecule has 20 atom stereocenters. The van der Waals surface area contributed by atoms with Gasteiger partial charge in [-0.25, -0.2) is 0 Å². The summed E-state index contributed by atoms with van der Waals surface area (Å²) < 4.78 is 36.4. The molecule has 0 saturated carbocycles. The Labute approximate surface area is 351 Å². The number of carbonyl (C=O) groups is 2. The Bertz CT molecular complexity index is 1210. The number of hydrogen-bond acceptors (Lipinski definition) is 25. The number of aliphatic hydroxyl groups excluding tert-OH is 14. The van der Waals surface area contributed by atoms with Crippen molar-refractivity contribution < 1.29 is 120 Å². The zero-order valence-electron chi connectivity index (χ0n) is 33.9. The lowest BCUT2D eigenvalue weighted by Crippen LogP contribution is -2.66. The molecule has 19 N–H and O–H groups in total. The molecular weight excluding hydrogens is 832 g/mol. The van der Waals surface area contributed by atoms with Crippen LogP contribution < -0.4 is 11.1 Å². The van der Waals surface area contributed by atoms with Crippen LogP contribution >= 0.6 is 0 Å². The molecule has 0 aromatic rings. The summed E-state index contributed by atoms with van der Waals surface area (Å²) in [6, 6.07) is 0. The van der Waals surface area contributed by atoms with Gasteiger partial charge in [0, 0.05) is 20.0 Å². The van der Waals surface area contributed by atoms with Crippen molar-refractivity contribution >= 4 is 12.3 Å². The van der Waals surface area contributed by atoms with Gasteiger partial charge in [0.1, 0.15) is 117 Å². The fourth-order valence-electron chi connectivity index (χ4n) is 5.71. The lowest BCUT2D eigenvalue weighted by atomic mass is 9.96. The molecule has 4 fully saturated rings. The normalized spacial score (nSPS) is 40.5. The number of rotatable bonds is 13. The summed E-state index contributed by atoms with van der Waals surface area (Å²) in [5.41, 5.74) is 4.91. The number of aldehydes is 1. The van der Waals surface area contributed by atoms with Crippen molar-refractivity contribution in [2.75, 3.05) is 39.5 Å². The Morgan fingerprint density at radius 2 is 1.05 bits per heavy atom.